The van der Waals surface area contributed by atoms with Crippen LogP contribution in [0.15, 0.2) is 54.7 Å². The lowest BCUT2D eigenvalue weighted by atomic mass is 10.2. The van der Waals surface area contributed by atoms with Gasteiger partial charge in [-0.05, 0) is 23.6 Å². The molecule has 1 aromatic heterocycles. The molecule has 2 rings (SSSR count). The molecule has 0 unspecified atom stereocenters. The summed E-state index contributed by atoms with van der Waals surface area (Å²) in [6.45, 7) is 0.757. The van der Waals surface area contributed by atoms with Crippen molar-refractivity contribution < 1.29 is 9.53 Å². The smallest absolute Gasteiger partial charge is 0.407 e. The summed E-state index contributed by atoms with van der Waals surface area (Å²) in [5.74, 6) is 0. The van der Waals surface area contributed by atoms with Crippen LogP contribution in [0.25, 0.3) is 6.08 Å². The molecule has 0 atom stereocenters. The molecule has 0 aliphatic rings. The molecule has 1 N–H and O–H groups in total. The number of nitrogens with one attached hydrogen (secondary N) is 1. The highest BCUT2D eigenvalue weighted by Gasteiger charge is 2.00. The summed E-state index contributed by atoms with van der Waals surface area (Å²) in [6.07, 6.45) is 5.71. The van der Waals surface area contributed by atoms with E-state index < -0.39 is 6.09 Å². The molecule has 0 fully saturated rings. The van der Waals surface area contributed by atoms with Gasteiger partial charge < -0.3 is 10.1 Å². The monoisotopic (exact) mass is 307 g/mol. The van der Waals surface area contributed by atoms with Crippen LogP contribution in [0.2, 0.25) is 0 Å². The fourth-order valence-corrected chi connectivity index (χ4v) is 1.82. The predicted molar refractivity (Wildman–Crippen MR) is 87.2 cm³/mol. The lowest BCUT2D eigenvalue weighted by molar-refractivity contribution is 0.140. The van der Waals surface area contributed by atoms with Crippen LogP contribution >= 0.6 is 0 Å². The van der Waals surface area contributed by atoms with E-state index in [0.29, 0.717) is 18.7 Å². The first-order valence-corrected chi connectivity index (χ1v) is 7.25. The van der Waals surface area contributed by atoms with Gasteiger partial charge in [-0.1, -0.05) is 48.6 Å². The molecule has 5 nitrogen and oxygen atoms in total. The van der Waals surface area contributed by atoms with E-state index in [2.05, 4.69) is 10.3 Å². The van der Waals surface area contributed by atoms with E-state index in [0.717, 1.165) is 11.1 Å². The molecule has 1 amide bonds. The zero-order chi connectivity index (χ0) is 16.3. The maximum absolute atomic E-state index is 11.5. The topological polar surface area (TPSA) is 75.0 Å². The molecule has 0 aliphatic carbocycles. The molecule has 0 bridgehead atoms. The Morgan fingerprint density at radius 1 is 1.26 bits per heavy atom. The first-order valence-electron chi connectivity index (χ1n) is 7.25. The number of ether oxygens (including phenoxy) is 1. The van der Waals surface area contributed by atoms with Gasteiger partial charge in [-0.2, -0.15) is 5.26 Å². The Morgan fingerprint density at radius 3 is 2.78 bits per heavy atom. The second-order valence-corrected chi connectivity index (χ2v) is 4.77. The molecular formula is C18H17N3O2. The summed E-state index contributed by atoms with van der Waals surface area (Å²) in [5, 5.41) is 11.3. The van der Waals surface area contributed by atoms with Gasteiger partial charge >= 0.3 is 6.09 Å². The highest BCUT2D eigenvalue weighted by molar-refractivity contribution is 5.67. The van der Waals surface area contributed by atoms with Crippen LogP contribution in [0.3, 0.4) is 0 Å². The van der Waals surface area contributed by atoms with E-state index in [1.165, 1.54) is 0 Å². The minimum atomic E-state index is -0.428. The van der Waals surface area contributed by atoms with Crippen LogP contribution in [-0.2, 0) is 11.3 Å². The second-order valence-electron chi connectivity index (χ2n) is 4.77. The fourth-order valence-electron chi connectivity index (χ4n) is 1.82. The van der Waals surface area contributed by atoms with Crippen LogP contribution in [0, 0.1) is 11.3 Å². The van der Waals surface area contributed by atoms with Crippen molar-refractivity contribution in [1.29, 1.82) is 5.26 Å². The van der Waals surface area contributed by atoms with Gasteiger partial charge in [0.15, 0.2) is 0 Å². The molecule has 2 aromatic rings. The Balaban J connectivity index is 1.63. The Labute approximate surface area is 135 Å². The third kappa shape index (κ3) is 6.02. The number of carbonyl (C=O) groups excluding carboxylic acids is 1. The van der Waals surface area contributed by atoms with Crippen molar-refractivity contribution in [3.8, 4) is 6.07 Å². The lowest BCUT2D eigenvalue weighted by Gasteiger charge is -2.05. The van der Waals surface area contributed by atoms with Crippen molar-refractivity contribution in [2.45, 2.75) is 13.0 Å². The molecular weight excluding hydrogens is 290 g/mol. The van der Waals surface area contributed by atoms with Crippen molar-refractivity contribution in [2.24, 2.45) is 0 Å². The van der Waals surface area contributed by atoms with E-state index in [-0.39, 0.29) is 6.61 Å². The summed E-state index contributed by atoms with van der Waals surface area (Å²) in [6, 6.07) is 15.0. The fraction of sp³-hybridized carbons (Fsp3) is 0.167. The average Bonchev–Trinajstić information content (AvgIpc) is 2.61. The van der Waals surface area contributed by atoms with Gasteiger partial charge in [0, 0.05) is 12.7 Å². The van der Waals surface area contributed by atoms with Crippen LogP contribution in [0.5, 0.6) is 0 Å². The van der Waals surface area contributed by atoms with Crippen LogP contribution in [0.1, 0.15) is 23.2 Å². The number of carbonyl (C=O) groups is 1. The normalized spacial score (nSPS) is 10.2. The molecule has 1 aromatic carbocycles. The van der Waals surface area contributed by atoms with Gasteiger partial charge in [0.25, 0.3) is 0 Å². The van der Waals surface area contributed by atoms with Gasteiger partial charge in [-0.25, -0.2) is 9.78 Å². The van der Waals surface area contributed by atoms with Crippen LogP contribution in [0.4, 0.5) is 4.79 Å². The van der Waals surface area contributed by atoms with Gasteiger partial charge in [0.2, 0.25) is 0 Å². The number of amides is 1. The Morgan fingerprint density at radius 2 is 2.09 bits per heavy atom. The van der Waals surface area contributed by atoms with Gasteiger partial charge in [-0.15, -0.1) is 0 Å². The highest BCUT2D eigenvalue weighted by atomic mass is 16.5. The van der Waals surface area contributed by atoms with Gasteiger partial charge in [0.05, 0.1) is 0 Å². The predicted octanol–water partition coefficient (Wildman–Crippen LogP) is 3.28. The van der Waals surface area contributed by atoms with Gasteiger partial charge in [-0.3, -0.25) is 0 Å². The van der Waals surface area contributed by atoms with E-state index in [1.54, 1.807) is 12.3 Å². The number of nitriles is 1. The summed E-state index contributed by atoms with van der Waals surface area (Å²) < 4.78 is 5.10. The molecule has 0 saturated carbocycles. The number of rotatable bonds is 6. The molecule has 1 heterocycles. The van der Waals surface area contributed by atoms with E-state index in [4.69, 9.17) is 10.00 Å². The maximum atomic E-state index is 11.5. The van der Waals surface area contributed by atoms with Crippen LogP contribution < -0.4 is 5.32 Å². The number of hydrogen-bond donors (Lipinski definition) is 1. The Hall–Kier alpha value is -3.13. The van der Waals surface area contributed by atoms with Crippen molar-refractivity contribution in [3.05, 3.63) is 71.6 Å². The molecule has 0 saturated heterocycles. The molecule has 116 valence electrons. The molecule has 0 radical (unpaired) electrons. The summed E-state index contributed by atoms with van der Waals surface area (Å²) >= 11 is 0. The minimum Gasteiger partial charge on any atom is -0.445 e. The Bertz CT molecular complexity index is 688. The third-order valence-electron chi connectivity index (χ3n) is 3.00. The SMILES string of the molecule is N#Cc1ccc(C=CCCNC(=O)OCc2ccccc2)cn1. The Kier molecular flexibility index (Phi) is 6.36. The van der Waals surface area contributed by atoms with Crippen molar-refractivity contribution >= 4 is 12.2 Å². The zero-order valence-electron chi connectivity index (χ0n) is 12.6. The highest BCUT2D eigenvalue weighted by Crippen LogP contribution is 2.03. The number of alkyl carbamates (subject to hydrolysis) is 1. The summed E-state index contributed by atoms with van der Waals surface area (Å²) in [5.41, 5.74) is 2.26. The number of pyridine rings is 1. The van der Waals surface area contributed by atoms with Crippen molar-refractivity contribution in [3.63, 3.8) is 0 Å². The minimum absolute atomic E-state index is 0.263. The van der Waals surface area contributed by atoms with Crippen molar-refractivity contribution in [1.82, 2.24) is 10.3 Å². The van der Waals surface area contributed by atoms with Gasteiger partial charge in [0.1, 0.15) is 18.4 Å². The number of aromatic nitrogens is 1. The maximum Gasteiger partial charge on any atom is 0.407 e. The third-order valence-corrected chi connectivity index (χ3v) is 3.00. The average molecular weight is 307 g/mol. The molecule has 0 aliphatic heterocycles. The summed E-state index contributed by atoms with van der Waals surface area (Å²) in [4.78, 5) is 15.5. The lowest BCUT2D eigenvalue weighted by Crippen LogP contribution is -2.24. The second kappa shape index (κ2) is 9.00. The largest absolute Gasteiger partial charge is 0.445 e. The molecule has 5 heteroatoms. The van der Waals surface area contributed by atoms with Crippen molar-refractivity contribution in [2.75, 3.05) is 6.54 Å². The molecule has 0 spiro atoms. The standard InChI is InChI=1S/C18H17N3O2/c19-12-17-10-9-15(13-21-17)6-4-5-11-20-18(22)23-14-16-7-2-1-3-8-16/h1-4,6-10,13H,5,11,14H2,(H,20,22). The number of nitrogens with zero attached hydrogens (tertiary/aromatic N) is 2. The van der Waals surface area contributed by atoms with E-state index >= 15 is 0 Å². The molecule has 23 heavy (non-hydrogen) atoms. The quantitative estimate of drug-likeness (QED) is 0.831. The first-order chi connectivity index (χ1) is 11.3. The first kappa shape index (κ1) is 16.2. The van der Waals surface area contributed by atoms with Crippen LogP contribution in [-0.4, -0.2) is 17.6 Å². The number of hydrogen-bond acceptors (Lipinski definition) is 4. The summed E-state index contributed by atoms with van der Waals surface area (Å²) in [7, 11) is 0. The van der Waals surface area contributed by atoms with E-state index in [9.17, 15) is 4.79 Å². The zero-order valence-corrected chi connectivity index (χ0v) is 12.6. The van der Waals surface area contributed by atoms with E-state index in [1.807, 2.05) is 54.6 Å². The number of benzene rings is 1.